The van der Waals surface area contributed by atoms with E-state index in [0.717, 1.165) is 6.42 Å². The monoisotopic (exact) mass is 317 g/mol. The van der Waals surface area contributed by atoms with E-state index in [1.807, 2.05) is 36.4 Å². The molecular formula is C13H18BF4Fe. The predicted octanol–water partition coefficient (Wildman–Crippen LogP) is 1.97. The summed E-state index contributed by atoms with van der Waals surface area (Å²) < 4.78 is 29.0. The van der Waals surface area contributed by atoms with Gasteiger partial charge in [-0.15, -0.1) is 0 Å². The predicted molar refractivity (Wildman–Crippen MR) is 71.2 cm³/mol. The van der Waals surface area contributed by atoms with Crippen LogP contribution in [0.3, 0.4) is 0 Å². The third-order valence-electron chi connectivity index (χ3n) is 1.32. The minimum Gasteiger partial charge on any atom is -1.00 e. The Balaban J connectivity index is -0.0000000475. The molecule has 19 heavy (non-hydrogen) atoms. The Morgan fingerprint density at radius 3 is 1.00 bits per heavy atom. The first-order chi connectivity index (χ1) is 7.23. The summed E-state index contributed by atoms with van der Waals surface area (Å²) in [6, 6.07) is 12.0. The van der Waals surface area contributed by atoms with Gasteiger partial charge < -0.3 is 19.6 Å². The van der Waals surface area contributed by atoms with E-state index in [9.17, 15) is 12.9 Å². The van der Waals surface area contributed by atoms with Gasteiger partial charge in [-0.3, -0.25) is 12.9 Å². The van der Waals surface area contributed by atoms with Crippen LogP contribution in [0.25, 0.3) is 0 Å². The molecule has 1 aliphatic rings. The van der Waals surface area contributed by atoms with Gasteiger partial charge >= 0.3 is 24.6 Å². The summed E-state index contributed by atoms with van der Waals surface area (Å²) in [5.74, 6) is 0. The van der Waals surface area contributed by atoms with Gasteiger partial charge in [-0.2, -0.15) is 0 Å². The maximum Gasteiger partial charge on any atom is 3.00 e. The Morgan fingerprint density at radius 1 is 0.684 bits per heavy atom. The van der Waals surface area contributed by atoms with E-state index >= 15 is 0 Å². The van der Waals surface area contributed by atoms with E-state index in [2.05, 4.69) is 24.3 Å². The summed E-state index contributed by atoms with van der Waals surface area (Å²) in [4.78, 5) is 0. The normalized spacial score (nSPS) is 8.58. The van der Waals surface area contributed by atoms with Crippen molar-refractivity contribution in [1.82, 2.24) is 0 Å². The second-order valence-corrected chi connectivity index (χ2v) is 2.49. The Labute approximate surface area is 124 Å². The van der Waals surface area contributed by atoms with E-state index in [4.69, 9.17) is 0 Å². The topological polar surface area (TPSA) is 0 Å². The molecule has 0 aromatic heterocycles. The third-order valence-corrected chi connectivity index (χ3v) is 1.32. The van der Waals surface area contributed by atoms with Crippen LogP contribution in [0.2, 0.25) is 0 Å². The van der Waals surface area contributed by atoms with Crippen molar-refractivity contribution in [3.8, 4) is 0 Å². The minimum absolute atomic E-state index is 0. The second-order valence-electron chi connectivity index (χ2n) is 2.49. The zero-order valence-electron chi connectivity index (χ0n) is 10.9. The Hall–Kier alpha value is -0.996. The Kier molecular flexibility index (Phi) is 41.7. The van der Waals surface area contributed by atoms with Gasteiger partial charge in [0.2, 0.25) is 0 Å². The quantitative estimate of drug-likeness (QED) is 0.390. The van der Waals surface area contributed by atoms with Gasteiger partial charge in [-0.25, -0.2) is 0 Å². The van der Waals surface area contributed by atoms with Gasteiger partial charge in [0.15, 0.2) is 0 Å². The van der Waals surface area contributed by atoms with E-state index in [0.29, 0.717) is 0 Å². The van der Waals surface area contributed by atoms with Crippen LogP contribution < -0.4 is 4.70 Å². The standard InChI is InChI=1S/C6H6.C5H6.2CH3.BF3.FH.Fe/c1-2-4-6-5-3-1;1-2-4-5-3-1;;;2-1(3)4;;/h1-6H;1-4H,5H2;2*1H3;;1H;/q;;2*-1;;;+3/p-1. The van der Waals surface area contributed by atoms with Gasteiger partial charge in [0.25, 0.3) is 0 Å². The largest absolute Gasteiger partial charge is 3.00 e. The average molecular weight is 317 g/mol. The van der Waals surface area contributed by atoms with Crippen LogP contribution in [0.4, 0.5) is 12.9 Å². The van der Waals surface area contributed by atoms with E-state index in [1.165, 1.54) is 0 Å². The number of hydrogen-bond acceptors (Lipinski definition) is 0. The first-order valence-corrected chi connectivity index (χ1v) is 4.47. The molecule has 0 heterocycles. The molecule has 0 aliphatic heterocycles. The molecule has 0 atom stereocenters. The van der Waals surface area contributed by atoms with Crippen molar-refractivity contribution in [3.05, 3.63) is 75.6 Å². The van der Waals surface area contributed by atoms with Crippen molar-refractivity contribution in [1.29, 1.82) is 0 Å². The SMILES string of the molecule is C1=CCC=C1.FB(F)F.[CH3-].[CH3-].[F-].[Fe+3].c1ccccc1. The molecule has 1 radical (unpaired) electrons. The molecule has 0 fully saturated rings. The first-order valence-electron chi connectivity index (χ1n) is 4.47. The molecule has 6 heteroatoms. The van der Waals surface area contributed by atoms with E-state index < -0.39 is 7.54 Å². The molecular weight excluding hydrogens is 299 g/mol. The third kappa shape index (κ3) is 38.2. The van der Waals surface area contributed by atoms with Gasteiger partial charge in [0, 0.05) is 0 Å². The van der Waals surface area contributed by atoms with Crippen molar-refractivity contribution in [2.45, 2.75) is 6.42 Å². The molecule has 0 saturated heterocycles. The van der Waals surface area contributed by atoms with Gasteiger partial charge in [0.05, 0.1) is 0 Å². The maximum atomic E-state index is 9.67. The molecule has 0 N–H and O–H groups in total. The van der Waals surface area contributed by atoms with Crippen molar-refractivity contribution >= 4 is 7.54 Å². The number of allylic oxidation sites excluding steroid dienone is 4. The summed E-state index contributed by atoms with van der Waals surface area (Å²) in [7, 11) is -3.67. The molecule has 0 unspecified atom stereocenters. The summed E-state index contributed by atoms with van der Waals surface area (Å²) in [5, 5.41) is 0. The van der Waals surface area contributed by atoms with Crippen molar-refractivity contribution < 1.29 is 34.7 Å². The second kappa shape index (κ2) is 25.8. The number of halogens is 4. The molecule has 0 bridgehead atoms. The average Bonchev–Trinajstić information content (AvgIpc) is 2.77. The minimum atomic E-state index is -3.67. The molecule has 0 nitrogen and oxygen atoms in total. The van der Waals surface area contributed by atoms with Gasteiger partial charge in [0.1, 0.15) is 0 Å². The first kappa shape index (κ1) is 30.8. The molecule has 0 amide bonds. The van der Waals surface area contributed by atoms with Crippen LogP contribution in [-0.2, 0) is 17.1 Å². The fourth-order valence-corrected chi connectivity index (χ4v) is 0.778. The fourth-order valence-electron chi connectivity index (χ4n) is 0.778. The fraction of sp³-hybridized carbons (Fsp3) is 0.0769. The van der Waals surface area contributed by atoms with Crippen LogP contribution in [0.1, 0.15) is 6.42 Å². The van der Waals surface area contributed by atoms with Gasteiger partial charge in [-0.1, -0.05) is 60.7 Å². The summed E-state index contributed by atoms with van der Waals surface area (Å²) in [6.07, 6.45) is 9.50. The Morgan fingerprint density at radius 2 is 0.895 bits per heavy atom. The Bertz CT molecular complexity index is 240. The number of hydrogen-bond donors (Lipinski definition) is 0. The maximum absolute atomic E-state index is 9.67. The van der Waals surface area contributed by atoms with Crippen molar-refractivity contribution in [3.63, 3.8) is 0 Å². The van der Waals surface area contributed by atoms with Crippen LogP contribution in [0.15, 0.2) is 60.7 Å². The van der Waals surface area contributed by atoms with Crippen LogP contribution in [0.5, 0.6) is 0 Å². The molecule has 2 rings (SSSR count). The zero-order valence-corrected chi connectivity index (χ0v) is 12.0. The molecule has 1 aromatic carbocycles. The summed E-state index contributed by atoms with van der Waals surface area (Å²) in [6.45, 7) is 0. The molecule has 1 aliphatic carbocycles. The summed E-state index contributed by atoms with van der Waals surface area (Å²) in [5.41, 5.74) is 0. The molecule has 1 aromatic rings. The zero-order chi connectivity index (χ0) is 11.4. The molecule has 0 saturated carbocycles. The van der Waals surface area contributed by atoms with Crippen LogP contribution in [0, 0.1) is 14.9 Å². The summed E-state index contributed by atoms with van der Waals surface area (Å²) >= 11 is 0. The molecule has 0 spiro atoms. The molecule has 109 valence electrons. The smallest absolute Gasteiger partial charge is 1.00 e. The van der Waals surface area contributed by atoms with E-state index in [-0.39, 0.29) is 36.6 Å². The van der Waals surface area contributed by atoms with Gasteiger partial charge in [-0.05, 0) is 6.42 Å². The number of benzene rings is 1. The van der Waals surface area contributed by atoms with E-state index in [1.54, 1.807) is 0 Å². The van der Waals surface area contributed by atoms with Crippen LogP contribution >= 0.6 is 0 Å². The van der Waals surface area contributed by atoms with Crippen molar-refractivity contribution in [2.24, 2.45) is 0 Å². The number of rotatable bonds is 0. The van der Waals surface area contributed by atoms with Crippen LogP contribution in [-0.4, -0.2) is 7.54 Å². The van der Waals surface area contributed by atoms with Crippen molar-refractivity contribution in [2.75, 3.05) is 0 Å².